The Hall–Kier alpha value is 1.03. The molecule has 1 fully saturated rings. The quantitative estimate of drug-likeness (QED) is 0.384. The molecule has 4 nitrogen and oxygen atoms in total. The first-order valence-electron chi connectivity index (χ1n) is 2.36. The van der Waals surface area contributed by atoms with Crippen LogP contribution in [0.15, 0.2) is 0 Å². The Morgan fingerprint density at radius 3 is 2.67 bits per heavy atom. The molecule has 0 radical (unpaired) electrons. The Morgan fingerprint density at radius 1 is 1.78 bits per heavy atom. The number of carboxylic acids is 1. The van der Waals surface area contributed by atoms with Crippen molar-refractivity contribution in [2.45, 2.75) is 6.23 Å². The normalized spacial score (nSPS) is 25.1. The van der Waals surface area contributed by atoms with Gasteiger partial charge in [0, 0.05) is 6.54 Å². The summed E-state index contributed by atoms with van der Waals surface area (Å²) in [4.78, 5) is 9.90. The van der Waals surface area contributed by atoms with Gasteiger partial charge in [0.2, 0.25) is 0 Å². The maximum Gasteiger partial charge on any atom is 1.00 e. The molecule has 0 bridgehead atoms. The molecule has 1 heterocycles. The third kappa shape index (κ3) is 3.08. The fourth-order valence-electron chi connectivity index (χ4n) is 0.577. The van der Waals surface area contributed by atoms with Crippen LogP contribution >= 0.6 is 0 Å². The van der Waals surface area contributed by atoms with Crippen molar-refractivity contribution in [3.63, 3.8) is 0 Å². The zero-order chi connectivity index (χ0) is 5.98. The molecule has 0 aliphatic carbocycles. The third-order valence-electron chi connectivity index (χ3n) is 0.930. The molecule has 0 amide bonds. The van der Waals surface area contributed by atoms with E-state index in [0.29, 0.717) is 13.2 Å². The first-order chi connectivity index (χ1) is 3.80. The molecule has 0 aromatic heterocycles. The molecule has 5 heteroatoms. The minimum atomic E-state index is -1.19. The summed E-state index contributed by atoms with van der Waals surface area (Å²) in [7, 11) is 0. The molecule has 1 aliphatic rings. The molecule has 1 N–H and O–H groups in total. The molecule has 1 aliphatic heterocycles. The van der Waals surface area contributed by atoms with Crippen molar-refractivity contribution in [1.82, 2.24) is 5.32 Å². The fraction of sp³-hybridized carbons (Fsp3) is 0.750. The third-order valence-corrected chi connectivity index (χ3v) is 0.930. The van der Waals surface area contributed by atoms with Gasteiger partial charge in [-0.25, -0.2) is 0 Å². The molecule has 9 heavy (non-hydrogen) atoms. The minimum Gasteiger partial charge on any atom is -0.546 e. The zero-order valence-electron chi connectivity index (χ0n) is 5.22. The van der Waals surface area contributed by atoms with E-state index in [1.54, 1.807) is 0 Å². The van der Waals surface area contributed by atoms with Gasteiger partial charge in [-0.3, -0.25) is 5.32 Å². The van der Waals surface area contributed by atoms with Crippen LogP contribution in [0.1, 0.15) is 0 Å². The number of carbonyl (C=O) groups excluding carboxylic acids is 1. The number of hydrogen-bond acceptors (Lipinski definition) is 4. The molecule has 0 spiro atoms. The van der Waals surface area contributed by atoms with Crippen molar-refractivity contribution in [3.8, 4) is 0 Å². The minimum absolute atomic E-state index is 0. The smallest absolute Gasteiger partial charge is 0.546 e. The van der Waals surface area contributed by atoms with Gasteiger partial charge in [0.1, 0.15) is 6.23 Å². The number of carboxylic acid groups (broad SMARTS) is 1. The van der Waals surface area contributed by atoms with Gasteiger partial charge in [0.05, 0.1) is 12.6 Å². The van der Waals surface area contributed by atoms with Gasteiger partial charge in [0.15, 0.2) is 0 Å². The van der Waals surface area contributed by atoms with Crippen LogP contribution in [-0.2, 0) is 9.53 Å². The van der Waals surface area contributed by atoms with Crippen LogP contribution in [0, 0.1) is 0 Å². The van der Waals surface area contributed by atoms with E-state index in [1.807, 2.05) is 0 Å². The molecule has 1 atom stereocenters. The number of nitrogens with one attached hydrogen (secondary N) is 1. The summed E-state index contributed by atoms with van der Waals surface area (Å²) in [6.07, 6.45) is -0.880. The predicted molar refractivity (Wildman–Crippen MR) is 22.7 cm³/mol. The van der Waals surface area contributed by atoms with Crippen molar-refractivity contribution in [3.05, 3.63) is 0 Å². The zero-order valence-corrected chi connectivity index (χ0v) is 8.34. The van der Waals surface area contributed by atoms with E-state index in [1.165, 1.54) is 0 Å². The molecule has 0 saturated carbocycles. The molecule has 1 saturated heterocycles. The molecule has 0 aromatic rings. The second-order valence-electron chi connectivity index (χ2n) is 1.52. The Balaban J connectivity index is 0.000000640. The molecule has 1 rings (SSSR count). The van der Waals surface area contributed by atoms with Gasteiger partial charge in [-0.15, -0.1) is 0 Å². The summed E-state index contributed by atoms with van der Waals surface area (Å²) < 4.78 is 4.64. The van der Waals surface area contributed by atoms with E-state index >= 15 is 0 Å². The Morgan fingerprint density at radius 2 is 2.44 bits per heavy atom. The largest absolute Gasteiger partial charge is 1.00 e. The summed E-state index contributed by atoms with van der Waals surface area (Å²) >= 11 is 0. The predicted octanol–water partition coefficient (Wildman–Crippen LogP) is -5.31. The molecule has 0 aromatic carbocycles. The van der Waals surface area contributed by atoms with Crippen LogP contribution in [-0.4, -0.2) is 25.3 Å². The van der Waals surface area contributed by atoms with Crippen LogP contribution in [0.2, 0.25) is 0 Å². The van der Waals surface area contributed by atoms with Crippen LogP contribution in [0.5, 0.6) is 0 Å². The average molecular weight is 155 g/mol. The number of hydrogen-bond donors (Lipinski definition) is 1. The van der Waals surface area contributed by atoms with Crippen LogP contribution in [0.4, 0.5) is 0 Å². The van der Waals surface area contributed by atoms with E-state index < -0.39 is 12.2 Å². The van der Waals surface area contributed by atoms with Crippen LogP contribution in [0.3, 0.4) is 0 Å². The van der Waals surface area contributed by atoms with Gasteiger partial charge in [-0.2, -0.15) is 0 Å². The van der Waals surface area contributed by atoms with E-state index in [2.05, 4.69) is 10.1 Å². The number of carbonyl (C=O) groups is 1. The summed E-state index contributed by atoms with van der Waals surface area (Å²) in [6, 6.07) is 0. The van der Waals surface area contributed by atoms with E-state index in [4.69, 9.17) is 0 Å². The van der Waals surface area contributed by atoms with Crippen molar-refractivity contribution in [2.75, 3.05) is 13.2 Å². The maximum absolute atomic E-state index is 9.90. The average Bonchev–Trinajstić information content (AvgIpc) is 2.12. The van der Waals surface area contributed by atoms with Gasteiger partial charge in [-0.1, -0.05) is 0 Å². The second-order valence-corrected chi connectivity index (χ2v) is 1.52. The van der Waals surface area contributed by atoms with Crippen molar-refractivity contribution in [1.29, 1.82) is 0 Å². The number of ether oxygens (including phenoxy) is 1. The molecular formula is C4H6KNO3. The summed E-state index contributed by atoms with van der Waals surface area (Å²) in [5.74, 6) is -1.19. The standard InChI is InChI=1S/C4H7NO3.K/c6-4(7)3-5-1-2-8-3;/h3,5H,1-2H2,(H,6,7);/q;+1/p-1. The Bertz CT molecular complexity index is 102. The second kappa shape index (κ2) is 4.78. The van der Waals surface area contributed by atoms with Gasteiger partial charge >= 0.3 is 51.4 Å². The molecular weight excluding hydrogens is 149 g/mol. The van der Waals surface area contributed by atoms with E-state index in [-0.39, 0.29) is 51.4 Å². The van der Waals surface area contributed by atoms with E-state index in [0.717, 1.165) is 0 Å². The molecule has 46 valence electrons. The van der Waals surface area contributed by atoms with Crippen molar-refractivity contribution < 1.29 is 66.0 Å². The summed E-state index contributed by atoms with van der Waals surface area (Å²) in [6.45, 7) is 1.05. The SMILES string of the molecule is O=C([O-])C1NCCO1.[K+]. The van der Waals surface area contributed by atoms with Gasteiger partial charge < -0.3 is 14.6 Å². The summed E-state index contributed by atoms with van der Waals surface area (Å²) in [5.41, 5.74) is 0. The van der Waals surface area contributed by atoms with Crippen molar-refractivity contribution >= 4 is 5.97 Å². The van der Waals surface area contributed by atoms with Gasteiger partial charge in [0.25, 0.3) is 0 Å². The maximum atomic E-state index is 9.90. The Kier molecular flexibility index (Phi) is 5.33. The molecule has 1 unspecified atom stereocenters. The number of rotatable bonds is 1. The fourth-order valence-corrected chi connectivity index (χ4v) is 0.577. The van der Waals surface area contributed by atoms with Crippen LogP contribution in [0.25, 0.3) is 0 Å². The monoisotopic (exact) mass is 155 g/mol. The van der Waals surface area contributed by atoms with Crippen molar-refractivity contribution in [2.24, 2.45) is 0 Å². The first kappa shape index (κ1) is 10.0. The first-order valence-corrected chi connectivity index (χ1v) is 2.36. The topological polar surface area (TPSA) is 61.4 Å². The van der Waals surface area contributed by atoms with Gasteiger partial charge in [-0.05, 0) is 0 Å². The number of aliphatic carboxylic acids is 1. The van der Waals surface area contributed by atoms with Crippen LogP contribution < -0.4 is 61.8 Å². The Labute approximate surface area is 95.4 Å². The van der Waals surface area contributed by atoms with E-state index in [9.17, 15) is 9.90 Å². The summed E-state index contributed by atoms with van der Waals surface area (Å²) in [5, 5.41) is 12.5.